The number of benzene rings is 2. The summed E-state index contributed by atoms with van der Waals surface area (Å²) in [5, 5.41) is 14.5. The largest absolute Gasteiger partial charge is 0.492 e. The molecular formula is C19H21N5O. The SMILES string of the molecule is CCOc1ccccc1Nc1nncc(NCc2cccc(C)c2)n1. The molecule has 0 fully saturated rings. The second kappa shape index (κ2) is 8.10. The van der Waals surface area contributed by atoms with Gasteiger partial charge in [-0.15, -0.1) is 5.10 Å². The van der Waals surface area contributed by atoms with Crippen molar-refractivity contribution in [2.75, 3.05) is 17.2 Å². The number of hydrogen-bond acceptors (Lipinski definition) is 6. The second-order valence-corrected chi connectivity index (χ2v) is 5.56. The lowest BCUT2D eigenvalue weighted by Gasteiger charge is -2.11. The van der Waals surface area contributed by atoms with Gasteiger partial charge in [-0.3, -0.25) is 0 Å². The van der Waals surface area contributed by atoms with Crippen LogP contribution in [0.2, 0.25) is 0 Å². The van der Waals surface area contributed by atoms with Gasteiger partial charge < -0.3 is 15.4 Å². The lowest BCUT2D eigenvalue weighted by Crippen LogP contribution is -2.06. The van der Waals surface area contributed by atoms with Crippen LogP contribution < -0.4 is 15.4 Å². The van der Waals surface area contributed by atoms with Crippen LogP contribution in [0.3, 0.4) is 0 Å². The summed E-state index contributed by atoms with van der Waals surface area (Å²) >= 11 is 0. The molecule has 0 saturated heterocycles. The molecular weight excluding hydrogens is 314 g/mol. The van der Waals surface area contributed by atoms with Crippen LogP contribution in [0.4, 0.5) is 17.5 Å². The third-order valence-electron chi connectivity index (χ3n) is 3.55. The van der Waals surface area contributed by atoms with Crippen molar-refractivity contribution in [3.8, 4) is 5.75 Å². The number of nitrogens with zero attached hydrogens (tertiary/aromatic N) is 3. The summed E-state index contributed by atoms with van der Waals surface area (Å²) in [5.41, 5.74) is 3.23. The fourth-order valence-corrected chi connectivity index (χ4v) is 2.43. The molecule has 0 saturated carbocycles. The zero-order chi connectivity index (χ0) is 17.5. The van der Waals surface area contributed by atoms with Gasteiger partial charge in [0.25, 0.3) is 0 Å². The molecule has 3 aromatic rings. The molecule has 0 aliphatic carbocycles. The van der Waals surface area contributed by atoms with Crippen LogP contribution >= 0.6 is 0 Å². The van der Waals surface area contributed by atoms with Crippen molar-refractivity contribution >= 4 is 17.5 Å². The summed E-state index contributed by atoms with van der Waals surface area (Å²) in [6.45, 7) is 5.30. The zero-order valence-electron chi connectivity index (χ0n) is 14.4. The van der Waals surface area contributed by atoms with E-state index in [1.54, 1.807) is 6.20 Å². The van der Waals surface area contributed by atoms with E-state index in [4.69, 9.17) is 4.74 Å². The Hall–Kier alpha value is -3.15. The highest BCUT2D eigenvalue weighted by molar-refractivity contribution is 5.62. The van der Waals surface area contributed by atoms with Crippen LogP contribution in [0.25, 0.3) is 0 Å². The normalized spacial score (nSPS) is 10.3. The van der Waals surface area contributed by atoms with Gasteiger partial charge in [-0.1, -0.05) is 42.0 Å². The number of hydrogen-bond donors (Lipinski definition) is 2. The Morgan fingerprint density at radius 3 is 2.80 bits per heavy atom. The van der Waals surface area contributed by atoms with Crippen LogP contribution in [0.5, 0.6) is 5.75 Å². The molecule has 25 heavy (non-hydrogen) atoms. The molecule has 6 heteroatoms. The molecule has 0 aliphatic heterocycles. The number of aromatic nitrogens is 3. The van der Waals surface area contributed by atoms with Crippen LogP contribution in [0, 0.1) is 6.92 Å². The van der Waals surface area contributed by atoms with Gasteiger partial charge in [-0.25, -0.2) is 0 Å². The maximum Gasteiger partial charge on any atom is 0.249 e. The molecule has 1 heterocycles. The Morgan fingerprint density at radius 1 is 1.08 bits per heavy atom. The predicted octanol–water partition coefficient (Wildman–Crippen LogP) is 3.93. The zero-order valence-corrected chi connectivity index (χ0v) is 14.4. The van der Waals surface area contributed by atoms with Gasteiger partial charge in [0, 0.05) is 6.54 Å². The monoisotopic (exact) mass is 335 g/mol. The van der Waals surface area contributed by atoms with Crippen molar-refractivity contribution in [2.45, 2.75) is 20.4 Å². The third-order valence-corrected chi connectivity index (χ3v) is 3.55. The predicted molar refractivity (Wildman–Crippen MR) is 99.2 cm³/mol. The molecule has 0 amide bonds. The molecule has 0 unspecified atom stereocenters. The highest BCUT2D eigenvalue weighted by atomic mass is 16.5. The number of anilines is 3. The van der Waals surface area contributed by atoms with Gasteiger partial charge in [0.15, 0.2) is 5.82 Å². The molecule has 1 aromatic heterocycles. The fraction of sp³-hybridized carbons (Fsp3) is 0.211. The Labute approximate surface area is 147 Å². The molecule has 0 atom stereocenters. The van der Waals surface area contributed by atoms with Crippen molar-refractivity contribution in [1.82, 2.24) is 15.2 Å². The van der Waals surface area contributed by atoms with Crippen molar-refractivity contribution in [1.29, 1.82) is 0 Å². The number of para-hydroxylation sites is 2. The van der Waals surface area contributed by atoms with E-state index in [0.29, 0.717) is 24.9 Å². The molecule has 6 nitrogen and oxygen atoms in total. The first-order chi connectivity index (χ1) is 12.2. The lowest BCUT2D eigenvalue weighted by atomic mass is 10.1. The number of rotatable bonds is 7. The lowest BCUT2D eigenvalue weighted by molar-refractivity contribution is 0.342. The minimum Gasteiger partial charge on any atom is -0.492 e. The molecule has 0 bridgehead atoms. The van der Waals surface area contributed by atoms with Crippen LogP contribution in [-0.2, 0) is 6.54 Å². The van der Waals surface area contributed by atoms with Gasteiger partial charge in [0.05, 0.1) is 18.5 Å². The van der Waals surface area contributed by atoms with E-state index in [9.17, 15) is 0 Å². The highest BCUT2D eigenvalue weighted by Crippen LogP contribution is 2.26. The third kappa shape index (κ3) is 4.67. The average Bonchev–Trinajstić information content (AvgIpc) is 2.62. The highest BCUT2D eigenvalue weighted by Gasteiger charge is 2.06. The van der Waals surface area contributed by atoms with Gasteiger partial charge in [0.2, 0.25) is 5.95 Å². The van der Waals surface area contributed by atoms with E-state index >= 15 is 0 Å². The van der Waals surface area contributed by atoms with Crippen molar-refractivity contribution in [2.24, 2.45) is 0 Å². The Balaban J connectivity index is 1.69. The van der Waals surface area contributed by atoms with E-state index < -0.39 is 0 Å². The summed E-state index contributed by atoms with van der Waals surface area (Å²) in [7, 11) is 0. The summed E-state index contributed by atoms with van der Waals surface area (Å²) in [5.74, 6) is 1.83. The standard InChI is InChI=1S/C19H21N5O/c1-3-25-17-10-5-4-9-16(17)22-19-23-18(13-21-24-19)20-12-15-8-6-7-14(2)11-15/h4-11,13H,3,12H2,1-2H3,(H2,20,22,23,24). The Kier molecular flexibility index (Phi) is 5.41. The summed E-state index contributed by atoms with van der Waals surface area (Å²) in [6.07, 6.45) is 1.61. The van der Waals surface area contributed by atoms with Gasteiger partial charge >= 0.3 is 0 Å². The van der Waals surface area contributed by atoms with Gasteiger partial charge in [0.1, 0.15) is 5.75 Å². The first-order valence-corrected chi connectivity index (χ1v) is 8.22. The van der Waals surface area contributed by atoms with E-state index in [1.807, 2.05) is 37.3 Å². The molecule has 0 aliphatic rings. The smallest absolute Gasteiger partial charge is 0.249 e. The van der Waals surface area contributed by atoms with Crippen LogP contribution in [0.1, 0.15) is 18.1 Å². The Bertz CT molecular complexity index is 837. The van der Waals surface area contributed by atoms with Crippen molar-refractivity contribution in [3.05, 3.63) is 65.9 Å². The molecule has 0 spiro atoms. The Morgan fingerprint density at radius 2 is 1.96 bits per heavy atom. The topological polar surface area (TPSA) is 72.0 Å². The quantitative estimate of drug-likeness (QED) is 0.681. The minimum absolute atomic E-state index is 0.418. The molecule has 3 rings (SSSR count). The first-order valence-electron chi connectivity index (χ1n) is 8.22. The average molecular weight is 335 g/mol. The first kappa shape index (κ1) is 16.7. The van der Waals surface area contributed by atoms with Crippen molar-refractivity contribution < 1.29 is 4.74 Å². The summed E-state index contributed by atoms with van der Waals surface area (Å²) in [4.78, 5) is 4.46. The molecule has 128 valence electrons. The van der Waals surface area contributed by atoms with E-state index in [-0.39, 0.29) is 0 Å². The number of nitrogens with one attached hydrogen (secondary N) is 2. The van der Waals surface area contributed by atoms with Crippen LogP contribution in [-0.4, -0.2) is 21.8 Å². The summed E-state index contributed by atoms with van der Waals surface area (Å²) < 4.78 is 5.60. The minimum atomic E-state index is 0.418. The van der Waals surface area contributed by atoms with E-state index in [0.717, 1.165) is 11.4 Å². The molecule has 2 N–H and O–H groups in total. The van der Waals surface area contributed by atoms with Crippen molar-refractivity contribution in [3.63, 3.8) is 0 Å². The summed E-state index contributed by atoms with van der Waals surface area (Å²) in [6, 6.07) is 16.0. The maximum atomic E-state index is 5.60. The maximum absolute atomic E-state index is 5.60. The van der Waals surface area contributed by atoms with E-state index in [1.165, 1.54) is 11.1 Å². The number of ether oxygens (including phenoxy) is 1. The van der Waals surface area contributed by atoms with Crippen LogP contribution in [0.15, 0.2) is 54.7 Å². The second-order valence-electron chi connectivity index (χ2n) is 5.56. The fourth-order valence-electron chi connectivity index (χ4n) is 2.43. The van der Waals surface area contributed by atoms with E-state index in [2.05, 4.69) is 50.9 Å². The molecule has 0 radical (unpaired) electrons. The molecule has 2 aromatic carbocycles. The number of aryl methyl sites for hydroxylation is 1. The van der Waals surface area contributed by atoms with Gasteiger partial charge in [-0.05, 0) is 31.5 Å². The van der Waals surface area contributed by atoms with Gasteiger partial charge in [-0.2, -0.15) is 10.1 Å².